The van der Waals surface area contributed by atoms with Crippen LogP contribution in [0.15, 0.2) is 58.5 Å². The Bertz CT molecular complexity index is 1050. The van der Waals surface area contributed by atoms with Gasteiger partial charge in [0.15, 0.2) is 5.16 Å². The van der Waals surface area contributed by atoms with Crippen molar-refractivity contribution >= 4 is 17.4 Å². The number of ether oxygens (including phenoxy) is 1. The van der Waals surface area contributed by atoms with E-state index in [-0.39, 0.29) is 24.3 Å². The molecule has 1 N–H and O–H groups in total. The van der Waals surface area contributed by atoms with Crippen molar-refractivity contribution in [2.75, 3.05) is 12.4 Å². The molecule has 0 amide bonds. The molecule has 7 nitrogen and oxygen atoms in total. The molecular weight excluding hydrogens is 404 g/mol. The van der Waals surface area contributed by atoms with Crippen LogP contribution in [-0.2, 0) is 6.42 Å². The third kappa shape index (κ3) is 6.11. The second-order valence-corrected chi connectivity index (χ2v) is 7.03. The van der Waals surface area contributed by atoms with E-state index >= 15 is 0 Å². The van der Waals surface area contributed by atoms with Crippen LogP contribution in [-0.4, -0.2) is 27.3 Å². The van der Waals surface area contributed by atoms with Crippen LogP contribution in [0.3, 0.4) is 0 Å². The minimum absolute atomic E-state index is 0.0245. The van der Waals surface area contributed by atoms with Crippen LogP contribution in [0.5, 0.6) is 5.75 Å². The van der Waals surface area contributed by atoms with Gasteiger partial charge in [0.05, 0.1) is 17.2 Å². The summed E-state index contributed by atoms with van der Waals surface area (Å²) in [5.41, 5.74) is 0.366. The van der Waals surface area contributed by atoms with Gasteiger partial charge in [0.2, 0.25) is 0 Å². The van der Waals surface area contributed by atoms with Crippen molar-refractivity contribution in [2.24, 2.45) is 0 Å². The molecule has 29 heavy (non-hydrogen) atoms. The third-order valence-corrected chi connectivity index (χ3v) is 4.56. The van der Waals surface area contributed by atoms with Gasteiger partial charge in [-0.2, -0.15) is 0 Å². The van der Waals surface area contributed by atoms with Crippen molar-refractivity contribution in [1.82, 2.24) is 9.97 Å². The van der Waals surface area contributed by atoms with Crippen molar-refractivity contribution in [2.45, 2.75) is 11.6 Å². The van der Waals surface area contributed by atoms with Crippen LogP contribution in [0.4, 0.5) is 14.5 Å². The first-order valence-electron chi connectivity index (χ1n) is 8.44. The number of rotatable bonds is 8. The number of thioether (sulfide) groups is 1. The number of aromatic amines is 1. The highest BCUT2D eigenvalue weighted by Crippen LogP contribution is 2.19. The normalized spacial score (nSPS) is 10.7. The van der Waals surface area contributed by atoms with E-state index in [1.807, 2.05) is 0 Å². The van der Waals surface area contributed by atoms with Gasteiger partial charge in [-0.05, 0) is 29.8 Å². The molecule has 1 aromatic heterocycles. The lowest BCUT2D eigenvalue weighted by Gasteiger charge is -2.07. The van der Waals surface area contributed by atoms with Crippen LogP contribution in [0.2, 0.25) is 0 Å². The number of aromatic nitrogens is 2. The minimum Gasteiger partial charge on any atom is -0.493 e. The summed E-state index contributed by atoms with van der Waals surface area (Å²) in [4.78, 5) is 28.8. The second kappa shape index (κ2) is 9.28. The largest absolute Gasteiger partial charge is 0.493 e. The Balaban J connectivity index is 1.57. The summed E-state index contributed by atoms with van der Waals surface area (Å²) in [6.07, 6.45) is 0.117. The maximum absolute atomic E-state index is 13.3. The number of nitrogens with one attached hydrogen (secondary N) is 1. The standard InChI is InChI=1S/C19H15F2N3O4S/c20-13-7-12(8-14(21)10-13)9-15-11-18(25)23-19(22-15)29-6-5-28-17-3-1-16(2-4-17)24(26)27/h1-4,7-8,10-11H,5-6,9H2,(H,22,23,25). The molecule has 0 bridgehead atoms. The molecule has 2 aromatic carbocycles. The summed E-state index contributed by atoms with van der Waals surface area (Å²) in [6, 6.07) is 10.1. The van der Waals surface area contributed by atoms with Gasteiger partial charge in [-0.1, -0.05) is 11.8 Å². The molecule has 0 saturated heterocycles. The van der Waals surface area contributed by atoms with Gasteiger partial charge >= 0.3 is 0 Å². The first kappa shape index (κ1) is 20.5. The highest BCUT2D eigenvalue weighted by Gasteiger charge is 2.07. The summed E-state index contributed by atoms with van der Waals surface area (Å²) in [6.45, 7) is 0.283. The molecule has 0 aliphatic carbocycles. The molecule has 0 radical (unpaired) electrons. The number of hydrogen-bond donors (Lipinski definition) is 1. The predicted octanol–water partition coefficient (Wildman–Crippen LogP) is 3.72. The Labute approximate surface area is 167 Å². The van der Waals surface area contributed by atoms with Crippen LogP contribution < -0.4 is 10.3 Å². The monoisotopic (exact) mass is 419 g/mol. The van der Waals surface area contributed by atoms with Crippen LogP contribution >= 0.6 is 11.8 Å². The van der Waals surface area contributed by atoms with Crippen molar-refractivity contribution < 1.29 is 18.4 Å². The van der Waals surface area contributed by atoms with Gasteiger partial charge in [0.1, 0.15) is 17.4 Å². The topological polar surface area (TPSA) is 98.1 Å². The maximum Gasteiger partial charge on any atom is 0.269 e. The summed E-state index contributed by atoms with van der Waals surface area (Å²) in [5, 5.41) is 11.0. The van der Waals surface area contributed by atoms with Crippen molar-refractivity contribution in [3.8, 4) is 5.75 Å². The molecule has 0 spiro atoms. The quantitative estimate of drug-likeness (QED) is 0.196. The molecule has 150 valence electrons. The summed E-state index contributed by atoms with van der Waals surface area (Å²) in [5.74, 6) is -0.442. The fraction of sp³-hybridized carbons (Fsp3) is 0.158. The van der Waals surface area contributed by atoms with E-state index in [4.69, 9.17) is 4.74 Å². The molecule has 0 aliphatic heterocycles. The van der Waals surface area contributed by atoms with Gasteiger partial charge in [0, 0.05) is 36.4 Å². The Kier molecular flexibility index (Phi) is 6.55. The molecular formula is C19H15F2N3O4S. The lowest BCUT2D eigenvalue weighted by molar-refractivity contribution is -0.384. The molecule has 3 rings (SSSR count). The number of nitro benzene ring substituents is 1. The van der Waals surface area contributed by atoms with E-state index in [0.29, 0.717) is 27.9 Å². The zero-order valence-corrected chi connectivity index (χ0v) is 15.7. The Morgan fingerprint density at radius 3 is 2.45 bits per heavy atom. The third-order valence-electron chi connectivity index (χ3n) is 3.72. The Morgan fingerprint density at radius 1 is 1.10 bits per heavy atom. The first-order chi connectivity index (χ1) is 13.9. The second-order valence-electron chi connectivity index (χ2n) is 5.94. The number of halogens is 2. The van der Waals surface area contributed by atoms with Crippen molar-refractivity contribution in [3.05, 3.63) is 91.9 Å². The number of H-pyrrole nitrogens is 1. The van der Waals surface area contributed by atoms with Gasteiger partial charge < -0.3 is 9.72 Å². The fourth-order valence-electron chi connectivity index (χ4n) is 2.53. The molecule has 1 heterocycles. The van der Waals surface area contributed by atoms with E-state index in [1.165, 1.54) is 54.2 Å². The smallest absolute Gasteiger partial charge is 0.269 e. The highest BCUT2D eigenvalue weighted by atomic mass is 32.2. The van der Waals surface area contributed by atoms with Gasteiger partial charge in [-0.15, -0.1) is 0 Å². The number of hydrogen-bond acceptors (Lipinski definition) is 6. The number of benzene rings is 2. The van der Waals surface area contributed by atoms with E-state index in [1.54, 1.807) is 0 Å². The molecule has 0 unspecified atom stereocenters. The zero-order valence-electron chi connectivity index (χ0n) is 14.9. The van der Waals surface area contributed by atoms with Crippen molar-refractivity contribution in [3.63, 3.8) is 0 Å². The SMILES string of the molecule is O=c1cc(Cc2cc(F)cc(F)c2)nc(SCCOc2ccc([N+](=O)[O-])cc2)[nH]1. The van der Waals surface area contributed by atoms with E-state index < -0.39 is 16.6 Å². The van der Waals surface area contributed by atoms with Crippen LogP contribution in [0, 0.1) is 21.7 Å². The van der Waals surface area contributed by atoms with Gasteiger partial charge in [0.25, 0.3) is 11.2 Å². The molecule has 0 aliphatic rings. The van der Waals surface area contributed by atoms with E-state index in [0.717, 1.165) is 6.07 Å². The van der Waals surface area contributed by atoms with Gasteiger partial charge in [-0.3, -0.25) is 14.9 Å². The van der Waals surface area contributed by atoms with Gasteiger partial charge in [-0.25, -0.2) is 13.8 Å². The van der Waals surface area contributed by atoms with Crippen LogP contribution in [0.1, 0.15) is 11.3 Å². The first-order valence-corrected chi connectivity index (χ1v) is 9.43. The molecule has 0 saturated carbocycles. The summed E-state index contributed by atoms with van der Waals surface area (Å²) < 4.78 is 32.1. The average molecular weight is 419 g/mol. The fourth-order valence-corrected chi connectivity index (χ4v) is 3.24. The molecule has 0 atom stereocenters. The number of nitro groups is 1. The lowest BCUT2D eigenvalue weighted by Crippen LogP contribution is -2.11. The summed E-state index contributed by atoms with van der Waals surface area (Å²) in [7, 11) is 0. The summed E-state index contributed by atoms with van der Waals surface area (Å²) >= 11 is 1.24. The Hall–Kier alpha value is -3.27. The highest BCUT2D eigenvalue weighted by molar-refractivity contribution is 7.99. The minimum atomic E-state index is -0.692. The zero-order chi connectivity index (χ0) is 20.8. The predicted molar refractivity (Wildman–Crippen MR) is 103 cm³/mol. The number of non-ortho nitro benzene ring substituents is 1. The number of nitrogens with zero attached hydrogens (tertiary/aromatic N) is 2. The van der Waals surface area contributed by atoms with E-state index in [2.05, 4.69) is 9.97 Å². The maximum atomic E-state index is 13.3. The molecule has 10 heteroatoms. The van der Waals surface area contributed by atoms with E-state index in [9.17, 15) is 23.7 Å². The van der Waals surface area contributed by atoms with Crippen LogP contribution in [0.25, 0.3) is 0 Å². The molecule has 3 aromatic rings. The molecule has 0 fully saturated rings. The van der Waals surface area contributed by atoms with Crippen molar-refractivity contribution in [1.29, 1.82) is 0 Å². The lowest BCUT2D eigenvalue weighted by atomic mass is 10.1. The average Bonchev–Trinajstić information content (AvgIpc) is 2.64. The Morgan fingerprint density at radius 2 is 1.79 bits per heavy atom.